The van der Waals surface area contributed by atoms with Gasteiger partial charge in [0.05, 0.1) is 0 Å². The Balaban J connectivity index is 1.94. The maximum atomic E-state index is 12.7. The van der Waals surface area contributed by atoms with Crippen LogP contribution in [0.4, 0.5) is 4.79 Å². The van der Waals surface area contributed by atoms with Crippen molar-refractivity contribution in [2.45, 2.75) is 64.9 Å². The molecule has 1 aliphatic carbocycles. The number of aromatic nitrogens is 1. The van der Waals surface area contributed by atoms with Crippen molar-refractivity contribution >= 4 is 12.0 Å². The zero-order valence-corrected chi connectivity index (χ0v) is 17.8. The highest BCUT2D eigenvalue weighted by molar-refractivity contribution is 5.82. The zero-order chi connectivity index (χ0) is 20.6. The Morgan fingerprint density at radius 2 is 1.89 bits per heavy atom. The molecule has 1 aromatic rings. The van der Waals surface area contributed by atoms with Crippen LogP contribution in [-0.4, -0.2) is 59.1 Å². The lowest BCUT2D eigenvalue weighted by atomic mass is 9.89. The van der Waals surface area contributed by atoms with E-state index in [1.165, 1.54) is 19.3 Å². The topological polar surface area (TPSA) is 62.7 Å². The fourth-order valence-electron chi connectivity index (χ4n) is 3.45. The highest BCUT2D eigenvalue weighted by Crippen LogP contribution is 2.25. The molecule has 6 heteroatoms. The first-order valence-corrected chi connectivity index (χ1v) is 10.4. The van der Waals surface area contributed by atoms with Crippen LogP contribution in [0, 0.1) is 5.92 Å². The molecule has 0 spiro atoms. The van der Waals surface area contributed by atoms with Crippen molar-refractivity contribution in [3.63, 3.8) is 0 Å². The molecule has 0 bridgehead atoms. The summed E-state index contributed by atoms with van der Waals surface area (Å²) in [5, 5.41) is 0. The number of likely N-dealkylation sites (N-methyl/N-ethyl adjacent to an activating group) is 1. The molecule has 156 valence electrons. The van der Waals surface area contributed by atoms with Crippen LogP contribution in [0.3, 0.4) is 0 Å². The minimum absolute atomic E-state index is 0.0597. The predicted molar refractivity (Wildman–Crippen MR) is 110 cm³/mol. The number of ether oxygens (including phenoxy) is 1. The summed E-state index contributed by atoms with van der Waals surface area (Å²) < 4.78 is 5.56. The van der Waals surface area contributed by atoms with Crippen molar-refractivity contribution in [1.82, 2.24) is 14.8 Å². The standard InChI is InChI=1S/C22H35N3O3/c1-22(2,3)28-21(27)25(16-18-10-6-5-7-11-18)17-20(26)24(4)15-13-19-12-8-9-14-23-19/h8-9,12,14,18H,5-7,10-11,13,15-17H2,1-4H3. The third-order valence-corrected chi connectivity index (χ3v) is 5.04. The van der Waals surface area contributed by atoms with Crippen LogP contribution >= 0.6 is 0 Å². The Kier molecular flexibility index (Phi) is 8.27. The number of nitrogens with zero attached hydrogens (tertiary/aromatic N) is 3. The molecule has 2 rings (SSSR count). The molecule has 0 aliphatic heterocycles. The Morgan fingerprint density at radius 3 is 2.50 bits per heavy atom. The average molecular weight is 390 g/mol. The van der Waals surface area contributed by atoms with Crippen LogP contribution < -0.4 is 0 Å². The van der Waals surface area contributed by atoms with E-state index >= 15 is 0 Å². The van der Waals surface area contributed by atoms with Gasteiger partial charge in [0.1, 0.15) is 12.1 Å². The molecule has 6 nitrogen and oxygen atoms in total. The first-order chi connectivity index (χ1) is 13.2. The molecule has 0 unspecified atom stereocenters. The normalized spacial score (nSPS) is 15.1. The molecule has 1 aromatic heterocycles. The highest BCUT2D eigenvalue weighted by atomic mass is 16.6. The van der Waals surface area contributed by atoms with Gasteiger partial charge in [-0.3, -0.25) is 14.7 Å². The lowest BCUT2D eigenvalue weighted by molar-refractivity contribution is -0.131. The molecule has 1 fully saturated rings. The van der Waals surface area contributed by atoms with Gasteiger partial charge in [-0.1, -0.05) is 25.3 Å². The third-order valence-electron chi connectivity index (χ3n) is 5.04. The van der Waals surface area contributed by atoms with Crippen LogP contribution in [0.1, 0.15) is 58.6 Å². The lowest BCUT2D eigenvalue weighted by Crippen LogP contribution is -2.46. The Morgan fingerprint density at radius 1 is 1.18 bits per heavy atom. The molecule has 0 radical (unpaired) electrons. The summed E-state index contributed by atoms with van der Waals surface area (Å²) in [5.41, 5.74) is 0.379. The summed E-state index contributed by atoms with van der Waals surface area (Å²) >= 11 is 0. The van der Waals surface area contributed by atoms with E-state index in [1.807, 2.05) is 39.0 Å². The van der Waals surface area contributed by atoms with E-state index in [0.717, 1.165) is 18.5 Å². The van der Waals surface area contributed by atoms with Gasteiger partial charge in [0.15, 0.2) is 0 Å². The van der Waals surface area contributed by atoms with Gasteiger partial charge in [-0.25, -0.2) is 4.79 Å². The third kappa shape index (κ3) is 7.87. The van der Waals surface area contributed by atoms with Crippen LogP contribution in [0.25, 0.3) is 0 Å². The van der Waals surface area contributed by atoms with Crippen LogP contribution in [0.5, 0.6) is 0 Å². The molecule has 0 saturated heterocycles. The van der Waals surface area contributed by atoms with E-state index < -0.39 is 11.7 Å². The van der Waals surface area contributed by atoms with Gasteiger partial charge in [-0.05, 0) is 51.7 Å². The number of pyridine rings is 1. The maximum Gasteiger partial charge on any atom is 0.410 e. The minimum atomic E-state index is -0.574. The Labute approximate surface area is 169 Å². The zero-order valence-electron chi connectivity index (χ0n) is 17.8. The van der Waals surface area contributed by atoms with Gasteiger partial charge in [0.25, 0.3) is 0 Å². The van der Waals surface area contributed by atoms with Gasteiger partial charge < -0.3 is 9.64 Å². The molecule has 0 N–H and O–H groups in total. The van der Waals surface area contributed by atoms with Gasteiger partial charge >= 0.3 is 6.09 Å². The van der Waals surface area contributed by atoms with Gasteiger partial charge in [0.2, 0.25) is 5.91 Å². The molecule has 1 heterocycles. The summed E-state index contributed by atoms with van der Waals surface area (Å²) in [6.45, 7) is 6.78. The van der Waals surface area contributed by atoms with E-state index in [1.54, 1.807) is 23.0 Å². The average Bonchev–Trinajstić information content (AvgIpc) is 2.65. The second-order valence-electron chi connectivity index (χ2n) is 8.75. The van der Waals surface area contributed by atoms with Crippen LogP contribution in [0.2, 0.25) is 0 Å². The smallest absolute Gasteiger partial charge is 0.410 e. The van der Waals surface area contributed by atoms with Crippen molar-refractivity contribution in [2.24, 2.45) is 5.92 Å². The van der Waals surface area contributed by atoms with Gasteiger partial charge in [0, 0.05) is 38.4 Å². The quantitative estimate of drug-likeness (QED) is 0.709. The van der Waals surface area contributed by atoms with Crippen molar-refractivity contribution in [3.05, 3.63) is 30.1 Å². The Bertz CT molecular complexity index is 622. The maximum absolute atomic E-state index is 12.7. The first-order valence-electron chi connectivity index (χ1n) is 10.4. The molecule has 2 amide bonds. The second kappa shape index (κ2) is 10.4. The number of carbonyl (C=O) groups is 2. The number of carbonyl (C=O) groups excluding carboxylic acids is 2. The monoisotopic (exact) mass is 389 g/mol. The number of rotatable bonds is 7. The van der Waals surface area contributed by atoms with Gasteiger partial charge in [-0.2, -0.15) is 0 Å². The molecular weight excluding hydrogens is 354 g/mol. The fraction of sp³-hybridized carbons (Fsp3) is 0.682. The van der Waals surface area contributed by atoms with E-state index in [2.05, 4.69) is 4.98 Å². The first kappa shape index (κ1) is 22.2. The van der Waals surface area contributed by atoms with Crippen molar-refractivity contribution in [2.75, 3.05) is 26.7 Å². The van der Waals surface area contributed by atoms with E-state index in [0.29, 0.717) is 25.4 Å². The van der Waals surface area contributed by atoms with Crippen LogP contribution in [0.15, 0.2) is 24.4 Å². The molecule has 0 atom stereocenters. The van der Waals surface area contributed by atoms with Crippen LogP contribution in [-0.2, 0) is 16.0 Å². The van der Waals surface area contributed by atoms with Crippen molar-refractivity contribution in [1.29, 1.82) is 0 Å². The summed E-state index contributed by atoms with van der Waals surface area (Å²) in [6.07, 6.45) is 7.94. The molecule has 0 aromatic carbocycles. The lowest BCUT2D eigenvalue weighted by Gasteiger charge is -2.32. The highest BCUT2D eigenvalue weighted by Gasteiger charge is 2.28. The number of hydrogen-bond donors (Lipinski definition) is 0. The second-order valence-corrected chi connectivity index (χ2v) is 8.75. The fourth-order valence-corrected chi connectivity index (χ4v) is 3.45. The molecular formula is C22H35N3O3. The number of amides is 2. The summed E-state index contributed by atoms with van der Waals surface area (Å²) in [5.74, 6) is 0.380. The summed E-state index contributed by atoms with van der Waals surface area (Å²) in [4.78, 5) is 33.0. The SMILES string of the molecule is CN(CCc1ccccn1)C(=O)CN(CC1CCCCC1)C(=O)OC(C)(C)C. The van der Waals surface area contributed by atoms with E-state index in [4.69, 9.17) is 4.74 Å². The summed E-state index contributed by atoms with van der Waals surface area (Å²) in [7, 11) is 1.78. The predicted octanol–water partition coefficient (Wildman–Crippen LogP) is 3.90. The van der Waals surface area contributed by atoms with Gasteiger partial charge in [-0.15, -0.1) is 0 Å². The molecule has 1 aliphatic rings. The summed E-state index contributed by atoms with van der Waals surface area (Å²) in [6, 6.07) is 5.77. The molecule has 1 saturated carbocycles. The van der Waals surface area contributed by atoms with Crippen molar-refractivity contribution in [3.8, 4) is 0 Å². The van der Waals surface area contributed by atoms with E-state index in [-0.39, 0.29) is 12.5 Å². The largest absolute Gasteiger partial charge is 0.444 e. The van der Waals surface area contributed by atoms with Crippen molar-refractivity contribution < 1.29 is 14.3 Å². The Hall–Kier alpha value is -2.11. The van der Waals surface area contributed by atoms with E-state index in [9.17, 15) is 9.59 Å². The molecule has 28 heavy (non-hydrogen) atoms. The minimum Gasteiger partial charge on any atom is -0.444 e. The number of hydrogen-bond acceptors (Lipinski definition) is 4.